The van der Waals surface area contributed by atoms with Gasteiger partial charge in [-0.15, -0.1) is 0 Å². The van der Waals surface area contributed by atoms with Crippen LogP contribution in [0.15, 0.2) is 0 Å². The van der Waals surface area contributed by atoms with Gasteiger partial charge in [-0.3, -0.25) is 67.1 Å². The lowest BCUT2D eigenvalue weighted by atomic mass is 10.0. The van der Waals surface area contributed by atoms with Gasteiger partial charge in [0.25, 0.3) is 0 Å². The maximum Gasteiger partial charge on any atom is 0.308 e. The summed E-state index contributed by atoms with van der Waals surface area (Å²) in [5.41, 5.74) is 0. The molecule has 0 radical (unpaired) electrons. The highest BCUT2D eigenvalue weighted by molar-refractivity contribution is 8.77. The molecular weight excluding hydrogens is 1090 g/mol. The van der Waals surface area contributed by atoms with Crippen molar-refractivity contribution in [3.8, 4) is 0 Å². The molecule has 0 aromatic carbocycles. The number of ketones is 2. The minimum absolute atomic E-state index is 0.0243. The molecule has 0 aromatic heterocycles. The van der Waals surface area contributed by atoms with Crippen LogP contribution in [0, 0.1) is 11.8 Å². The summed E-state index contributed by atoms with van der Waals surface area (Å²) < 4.78 is 5.07. The van der Waals surface area contributed by atoms with Crippen LogP contribution in [0.1, 0.15) is 87.5 Å². The Hall–Kier alpha value is -6.32. The second-order valence-corrected chi connectivity index (χ2v) is 25.1. The number of hydrogen-bond acceptors (Lipinski definition) is 17. The highest BCUT2D eigenvalue weighted by Crippen LogP contribution is 2.40. The van der Waals surface area contributed by atoms with Crippen molar-refractivity contribution in [3.63, 3.8) is 0 Å². The number of carbonyl (C=O) groups is 14. The van der Waals surface area contributed by atoms with Gasteiger partial charge in [0.2, 0.25) is 65.0 Å². The predicted octanol–water partition coefficient (Wildman–Crippen LogP) is -0.433. The average Bonchev–Trinajstić information content (AvgIpc) is 3.37. The van der Waals surface area contributed by atoms with Crippen LogP contribution >= 0.6 is 21.6 Å². The molecule has 2 atom stereocenters. The van der Waals surface area contributed by atoms with Crippen molar-refractivity contribution >= 4 is 104 Å². The number of ether oxygens (including phenoxy) is 1. The smallest absolute Gasteiger partial charge is 0.308 e. The van der Waals surface area contributed by atoms with E-state index in [2.05, 4.69) is 5.32 Å². The first-order valence-electron chi connectivity index (χ1n) is 26.6. The zero-order valence-corrected chi connectivity index (χ0v) is 52.7. The van der Waals surface area contributed by atoms with Gasteiger partial charge in [-0.05, 0) is 33.6 Å². The largest absolute Gasteiger partial charge is 0.464 e. The summed E-state index contributed by atoms with van der Waals surface area (Å²) in [6, 6.07) is -0.740. The number of Topliss-reactive ketones (excluding diaryl/α,β-unsaturated/α-hetero) is 2. The fraction of sp³-hybridized carbons (Fsp3) is 0.736. The normalized spacial score (nSPS) is 11.8. The van der Waals surface area contributed by atoms with E-state index in [9.17, 15) is 67.1 Å². The molecule has 11 amide bonds. The maximum atomic E-state index is 13.0. The monoisotopic (exact) mass is 1190 g/mol. The van der Waals surface area contributed by atoms with Gasteiger partial charge in [0, 0.05) is 101 Å². The number of nitrogens with one attached hydrogen (secondary N) is 1. The van der Waals surface area contributed by atoms with E-state index in [4.69, 9.17) is 4.74 Å². The molecule has 460 valence electrons. The maximum absolute atomic E-state index is 13.0. The zero-order valence-electron chi connectivity index (χ0n) is 51.0. The Morgan fingerprint density at radius 1 is 0.407 bits per heavy atom. The molecule has 0 bridgehead atoms. The molecule has 28 heteroatoms. The predicted molar refractivity (Wildman–Crippen MR) is 306 cm³/mol. The first-order chi connectivity index (χ1) is 37.3. The van der Waals surface area contributed by atoms with E-state index in [-0.39, 0.29) is 77.8 Å². The van der Waals surface area contributed by atoms with Gasteiger partial charge in [-0.1, -0.05) is 56.2 Å². The molecule has 0 heterocycles. The zero-order chi connectivity index (χ0) is 62.8. The molecule has 26 nitrogen and oxygen atoms in total. The Balaban J connectivity index is 4.82. The van der Waals surface area contributed by atoms with Gasteiger partial charge in [0.05, 0.1) is 82.2 Å². The van der Waals surface area contributed by atoms with Crippen LogP contribution < -0.4 is 5.32 Å². The Kier molecular flexibility index (Phi) is 33.4. The Morgan fingerprint density at radius 2 is 0.704 bits per heavy atom. The molecule has 1 unspecified atom stereocenters. The third kappa shape index (κ3) is 29.8. The summed E-state index contributed by atoms with van der Waals surface area (Å²) in [5.74, 6) is -7.28. The number of amides is 11. The molecule has 81 heavy (non-hydrogen) atoms. The third-order valence-electron chi connectivity index (χ3n) is 12.5. The number of carbonyl (C=O) groups excluding carboxylic acids is 14. The summed E-state index contributed by atoms with van der Waals surface area (Å²) in [4.78, 5) is 189. The van der Waals surface area contributed by atoms with Crippen molar-refractivity contribution in [1.82, 2.24) is 54.3 Å². The van der Waals surface area contributed by atoms with Crippen LogP contribution in [0.4, 0.5) is 0 Å². The van der Waals surface area contributed by atoms with E-state index >= 15 is 0 Å². The lowest BCUT2D eigenvalue weighted by molar-refractivity contribution is -0.148. The van der Waals surface area contributed by atoms with Gasteiger partial charge >= 0.3 is 5.97 Å². The van der Waals surface area contributed by atoms with Gasteiger partial charge in [0.1, 0.15) is 12.4 Å². The number of hydrogen-bond donors (Lipinski definition) is 1. The second kappa shape index (κ2) is 36.2. The fourth-order valence-corrected chi connectivity index (χ4v) is 9.13. The van der Waals surface area contributed by atoms with Crippen molar-refractivity contribution in [2.45, 2.75) is 104 Å². The van der Waals surface area contributed by atoms with Crippen molar-refractivity contribution in [2.75, 3.05) is 143 Å². The van der Waals surface area contributed by atoms with E-state index in [0.29, 0.717) is 19.3 Å². The molecule has 0 rings (SSSR count). The van der Waals surface area contributed by atoms with Crippen LogP contribution in [0.25, 0.3) is 0 Å². The van der Waals surface area contributed by atoms with Gasteiger partial charge < -0.3 is 59.1 Å². The summed E-state index contributed by atoms with van der Waals surface area (Å²) in [7, 11) is 16.7. The number of likely N-dealkylation sites (N-methyl/N-ethyl adjacent to an activating group) is 10. The summed E-state index contributed by atoms with van der Waals surface area (Å²) >= 11 is 0. The molecule has 0 aromatic rings. The topological polar surface area (TPSA) is 293 Å². The van der Waals surface area contributed by atoms with Crippen LogP contribution in [-0.4, -0.2) is 290 Å². The van der Waals surface area contributed by atoms with Crippen molar-refractivity contribution in [2.24, 2.45) is 11.8 Å². The fourth-order valence-electron chi connectivity index (χ4n) is 6.68. The number of rotatable bonds is 36. The highest BCUT2D eigenvalue weighted by atomic mass is 33.1. The van der Waals surface area contributed by atoms with Gasteiger partial charge in [0.15, 0.2) is 5.78 Å². The molecule has 1 N–H and O–H groups in total. The summed E-state index contributed by atoms with van der Waals surface area (Å²) in [5, 5.41) is 2.71. The number of nitrogens with zero attached hydrogens (tertiary/aromatic N) is 10. The van der Waals surface area contributed by atoms with E-state index in [1.807, 2.05) is 20.8 Å². The highest BCUT2D eigenvalue weighted by Gasteiger charge is 2.28. The minimum Gasteiger partial charge on any atom is -0.464 e. The number of esters is 1. The molecule has 0 saturated carbocycles. The molecule has 0 saturated heterocycles. The van der Waals surface area contributed by atoms with Crippen molar-refractivity contribution < 1.29 is 71.9 Å². The second-order valence-electron chi connectivity index (χ2n) is 21.8. The quantitative estimate of drug-likeness (QED) is 0.0615. The first kappa shape index (κ1) is 74.7. The Labute approximate surface area is 486 Å². The lowest BCUT2D eigenvalue weighted by Crippen LogP contribution is -2.49. The van der Waals surface area contributed by atoms with Crippen molar-refractivity contribution in [1.29, 1.82) is 0 Å². The Bertz CT molecular complexity index is 2250. The van der Waals surface area contributed by atoms with Gasteiger partial charge in [-0.25, -0.2) is 0 Å². The molecule has 0 spiro atoms. The third-order valence-corrected chi connectivity index (χ3v) is 16.4. The molecular formula is C53H91N11O15S2. The van der Waals surface area contributed by atoms with E-state index < -0.39 is 117 Å². The van der Waals surface area contributed by atoms with Crippen LogP contribution in [0.3, 0.4) is 0 Å². The Morgan fingerprint density at radius 3 is 1.00 bits per heavy atom. The molecule has 0 aliphatic carbocycles. The molecule has 0 aliphatic heterocycles. The van der Waals surface area contributed by atoms with Crippen LogP contribution in [0.5, 0.6) is 0 Å². The molecule has 0 aliphatic rings. The lowest BCUT2D eigenvalue weighted by Gasteiger charge is -2.27. The minimum atomic E-state index is -0.740. The van der Waals surface area contributed by atoms with Gasteiger partial charge in [-0.2, -0.15) is 0 Å². The standard InChI is InChI=1S/C53H91N11O15S2/c1-35(2)51(77)38(6)54-40(66)24-55(9)42(68)26-57(11)44(70)28-59(13)46(72)30-61(15)48(74)32-63(17)50(76)33-64(18)49(75)31-62(16)47(73)29-60(14)45(71)27-58(12)43(69)25-56(10)41(67)21-19-20-39(65)23-22-37(5)80-81-53(7,8)34-79-52(78)36(3)4/h35-38H,19-34H2,1-18H3,(H,54,66)/t37?,38-/m0/s1. The van der Waals surface area contributed by atoms with Crippen molar-refractivity contribution in [3.05, 3.63) is 0 Å². The average molecular weight is 1190 g/mol. The summed E-state index contributed by atoms with van der Waals surface area (Å²) in [6.07, 6.45) is 1.57. The first-order valence-corrected chi connectivity index (χ1v) is 28.8. The van der Waals surface area contributed by atoms with Crippen LogP contribution in [0.2, 0.25) is 0 Å². The van der Waals surface area contributed by atoms with Crippen LogP contribution in [-0.2, 0) is 71.9 Å². The molecule has 0 fully saturated rings. The van der Waals surface area contributed by atoms with E-state index in [1.54, 1.807) is 56.2 Å². The van der Waals surface area contributed by atoms with E-state index in [1.165, 1.54) is 75.4 Å². The summed E-state index contributed by atoms with van der Waals surface area (Å²) in [6.45, 7) is 10.5. The SMILES string of the molecule is CC(CCC(=O)CCCC(=O)N(C)CC(=O)N(C)CC(=O)N(C)CC(=O)N(C)CC(=O)N(C)CC(=O)N(C)CC(=O)N(C)CC(=O)N(C)CC(=O)N(C)CC(=O)N(C)CC(=O)N[C@@H](C)C(=O)C(C)C)SSC(C)(C)COC(=O)C(C)C. The van der Waals surface area contributed by atoms with E-state index in [0.717, 1.165) is 44.1 Å².